The minimum absolute atomic E-state index is 0.00187. The fourth-order valence-electron chi connectivity index (χ4n) is 5.80. The molecule has 0 bridgehead atoms. The van der Waals surface area contributed by atoms with Crippen LogP contribution in [-0.4, -0.2) is 35.7 Å². The van der Waals surface area contributed by atoms with E-state index in [1.54, 1.807) is 24.3 Å². The maximum Gasteiger partial charge on any atom is 0.540 e. The third-order valence-electron chi connectivity index (χ3n) is 8.23. The van der Waals surface area contributed by atoms with E-state index in [2.05, 4.69) is 40.9 Å². The third-order valence-corrected chi connectivity index (χ3v) is 8.23. The lowest BCUT2D eigenvalue weighted by Crippen LogP contribution is -2.41. The lowest BCUT2D eigenvalue weighted by Gasteiger charge is -2.39. The van der Waals surface area contributed by atoms with Crippen molar-refractivity contribution in [1.82, 2.24) is 5.32 Å². The molecule has 8 nitrogen and oxygen atoms in total. The van der Waals surface area contributed by atoms with Crippen LogP contribution in [0, 0.1) is 23.2 Å². The molecule has 12 heteroatoms. The Kier molecular flexibility index (Phi) is 9.39. The van der Waals surface area contributed by atoms with Gasteiger partial charge in [-0.15, -0.1) is 8.78 Å². The Balaban J connectivity index is 1.52. The van der Waals surface area contributed by atoms with Crippen LogP contribution >= 0.6 is 0 Å². The van der Waals surface area contributed by atoms with Crippen LogP contribution in [0.2, 0.25) is 0 Å². The van der Waals surface area contributed by atoms with Gasteiger partial charge in [0.15, 0.2) is 0 Å². The highest BCUT2D eigenvalue weighted by atomic mass is 19.3. The number of hydrogen-bond acceptors (Lipinski definition) is 5. The summed E-state index contributed by atoms with van der Waals surface area (Å²) in [5.74, 6) is -2.63. The van der Waals surface area contributed by atoms with E-state index < -0.39 is 47.4 Å². The van der Waals surface area contributed by atoms with Crippen LogP contribution in [0.15, 0.2) is 42.5 Å². The molecule has 3 N–H and O–H groups in total. The number of carboxylic acid groups (broad SMARTS) is 1. The van der Waals surface area contributed by atoms with Gasteiger partial charge in [0.1, 0.15) is 5.75 Å². The van der Waals surface area contributed by atoms with E-state index in [0.717, 1.165) is 43.4 Å². The predicted octanol–water partition coefficient (Wildman–Crippen LogP) is 6.55. The quantitative estimate of drug-likeness (QED) is 0.278. The highest BCUT2D eigenvalue weighted by molar-refractivity contribution is 5.95. The van der Waals surface area contributed by atoms with Crippen LogP contribution in [0.25, 0.3) is 0 Å². The van der Waals surface area contributed by atoms with Gasteiger partial charge in [-0.05, 0) is 85.3 Å². The van der Waals surface area contributed by atoms with Gasteiger partial charge in [-0.25, -0.2) is 4.74 Å². The summed E-state index contributed by atoms with van der Waals surface area (Å²) in [6, 6.07) is 9.67. The molecule has 1 saturated carbocycles. The minimum atomic E-state index is -4.49. The number of carboxylic acids is 1. The zero-order valence-corrected chi connectivity index (χ0v) is 24.2. The number of nitrogens with one attached hydrogen (secondary N) is 2. The number of halogens is 4. The summed E-state index contributed by atoms with van der Waals surface area (Å²) < 4.78 is 63.2. The van der Waals surface area contributed by atoms with Gasteiger partial charge in [-0.3, -0.25) is 14.4 Å². The fourth-order valence-corrected chi connectivity index (χ4v) is 5.80. The van der Waals surface area contributed by atoms with Gasteiger partial charge in [0.2, 0.25) is 5.91 Å². The molecule has 1 aliphatic heterocycles. The Morgan fingerprint density at radius 1 is 1.00 bits per heavy atom. The van der Waals surface area contributed by atoms with Crippen LogP contribution in [0.1, 0.15) is 74.4 Å². The maximum absolute atomic E-state index is 14.3. The fraction of sp³-hybridized carbons (Fsp3) is 0.516. The molecule has 0 aromatic heterocycles. The monoisotopic (exact) mass is 608 g/mol. The molecule has 234 valence electrons. The first-order valence-electron chi connectivity index (χ1n) is 14.2. The molecule has 1 heterocycles. The standard InChI is InChI=1S/C31H36F4N2O6/c1-29(2,3)21-10-8-19(9-11-21)23(16-18-4-6-20(7-5-18)27(40)36-15-14-26(38)39)28(41)37-22-12-13-25-24(17-22)30(32,33)43-31(34,35)42-25/h4-7,12-13,17,19,21,23H,8-11,14-16H2,1-3H3,(H,36,40)(H,37,41)(H,38,39). The lowest BCUT2D eigenvalue weighted by molar-refractivity contribution is -0.461. The average Bonchev–Trinajstić information content (AvgIpc) is 2.91. The molecule has 1 unspecified atom stereocenters. The Labute approximate surface area is 247 Å². The largest absolute Gasteiger partial charge is 0.540 e. The van der Waals surface area contributed by atoms with Gasteiger partial charge < -0.3 is 20.5 Å². The first-order valence-corrected chi connectivity index (χ1v) is 14.2. The second kappa shape index (κ2) is 12.5. The van der Waals surface area contributed by atoms with Crippen molar-refractivity contribution in [2.45, 2.75) is 71.7 Å². The zero-order valence-electron chi connectivity index (χ0n) is 24.2. The highest BCUT2D eigenvalue weighted by Gasteiger charge is 2.54. The molecule has 2 aliphatic rings. The van der Waals surface area contributed by atoms with Crippen molar-refractivity contribution < 1.29 is 46.5 Å². The van der Waals surface area contributed by atoms with Crippen molar-refractivity contribution >= 4 is 23.5 Å². The zero-order chi connectivity index (χ0) is 31.6. The first kappa shape index (κ1) is 32.2. The number of alkyl halides is 4. The number of carbonyl (C=O) groups is 3. The van der Waals surface area contributed by atoms with Crippen LogP contribution < -0.4 is 15.4 Å². The van der Waals surface area contributed by atoms with E-state index in [4.69, 9.17) is 5.11 Å². The Morgan fingerprint density at radius 3 is 2.26 bits per heavy atom. The van der Waals surface area contributed by atoms with Crippen LogP contribution in [0.4, 0.5) is 23.2 Å². The summed E-state index contributed by atoms with van der Waals surface area (Å²) in [5.41, 5.74) is 0.309. The number of anilines is 1. The summed E-state index contributed by atoms with van der Waals surface area (Å²) in [4.78, 5) is 36.7. The van der Waals surface area contributed by atoms with Gasteiger partial charge in [0.25, 0.3) is 5.91 Å². The Hall–Kier alpha value is -3.67. The number of rotatable bonds is 9. The number of benzene rings is 2. The molecule has 0 saturated heterocycles. The molecule has 0 radical (unpaired) electrons. The van der Waals surface area contributed by atoms with E-state index in [-0.39, 0.29) is 30.0 Å². The van der Waals surface area contributed by atoms with Gasteiger partial charge in [-0.2, -0.15) is 8.78 Å². The summed E-state index contributed by atoms with van der Waals surface area (Å²) in [6.07, 6.45) is -5.25. The molecule has 1 aliphatic carbocycles. The van der Waals surface area contributed by atoms with Gasteiger partial charge in [-0.1, -0.05) is 32.9 Å². The van der Waals surface area contributed by atoms with Crippen molar-refractivity contribution in [1.29, 1.82) is 0 Å². The molecule has 0 spiro atoms. The Morgan fingerprint density at radius 2 is 1.65 bits per heavy atom. The smallest absolute Gasteiger partial charge is 0.481 e. The number of hydrogen-bond donors (Lipinski definition) is 3. The summed E-state index contributed by atoms with van der Waals surface area (Å²) in [5, 5.41) is 14.0. The van der Waals surface area contributed by atoms with E-state index in [9.17, 15) is 31.9 Å². The second-order valence-electron chi connectivity index (χ2n) is 12.3. The van der Waals surface area contributed by atoms with E-state index in [1.165, 1.54) is 6.07 Å². The van der Waals surface area contributed by atoms with Crippen molar-refractivity contribution in [2.75, 3.05) is 11.9 Å². The van der Waals surface area contributed by atoms with Gasteiger partial charge in [0.05, 0.1) is 12.0 Å². The van der Waals surface area contributed by atoms with E-state index in [0.29, 0.717) is 17.9 Å². The van der Waals surface area contributed by atoms with E-state index in [1.807, 2.05) is 0 Å². The first-order chi connectivity index (χ1) is 20.0. The molecular formula is C31H36F4N2O6. The third kappa shape index (κ3) is 8.25. The van der Waals surface area contributed by atoms with Gasteiger partial charge >= 0.3 is 18.4 Å². The topological polar surface area (TPSA) is 114 Å². The number of fused-ring (bicyclic) bond motifs is 1. The number of carbonyl (C=O) groups excluding carboxylic acids is 2. The van der Waals surface area contributed by atoms with Crippen molar-refractivity contribution in [3.8, 4) is 5.75 Å². The minimum Gasteiger partial charge on any atom is -0.481 e. The predicted molar refractivity (Wildman–Crippen MR) is 149 cm³/mol. The van der Waals surface area contributed by atoms with Crippen LogP contribution in [0.3, 0.4) is 0 Å². The number of aliphatic carboxylic acids is 1. The molecule has 43 heavy (non-hydrogen) atoms. The normalized spacial score (nSPS) is 21.6. The number of ether oxygens (including phenoxy) is 2. The molecule has 2 amide bonds. The highest BCUT2D eigenvalue weighted by Crippen LogP contribution is 2.47. The summed E-state index contributed by atoms with van der Waals surface area (Å²) in [6.45, 7) is 6.56. The van der Waals surface area contributed by atoms with E-state index >= 15 is 0 Å². The molecule has 1 fully saturated rings. The second-order valence-corrected chi connectivity index (χ2v) is 12.3. The summed E-state index contributed by atoms with van der Waals surface area (Å²) >= 11 is 0. The van der Waals surface area contributed by atoms with Gasteiger partial charge in [0, 0.05) is 23.7 Å². The molecule has 2 aromatic rings. The average molecular weight is 609 g/mol. The molecule has 2 aromatic carbocycles. The van der Waals surface area contributed by atoms with Crippen molar-refractivity contribution in [2.24, 2.45) is 23.2 Å². The molecular weight excluding hydrogens is 572 g/mol. The maximum atomic E-state index is 14.3. The molecule has 4 rings (SSSR count). The molecule has 1 atom stereocenters. The summed E-state index contributed by atoms with van der Waals surface area (Å²) in [7, 11) is 0. The van der Waals surface area contributed by atoms with Crippen LogP contribution in [-0.2, 0) is 26.9 Å². The SMILES string of the molecule is CC(C)(C)C1CCC(C(Cc2ccc(C(=O)NCCC(=O)O)cc2)C(=O)Nc2ccc3c(c2)C(F)(F)OC(F)(F)O3)CC1. The van der Waals surface area contributed by atoms with Crippen molar-refractivity contribution in [3.05, 3.63) is 59.2 Å². The Bertz CT molecular complexity index is 1330. The van der Waals surface area contributed by atoms with Crippen molar-refractivity contribution in [3.63, 3.8) is 0 Å². The number of amides is 2. The lowest BCUT2D eigenvalue weighted by atomic mass is 9.66. The van der Waals surface area contributed by atoms with Crippen LogP contribution in [0.5, 0.6) is 5.75 Å².